The number of benzene rings is 1. The molecule has 7 heteroatoms. The molecule has 0 aliphatic carbocycles. The van der Waals surface area contributed by atoms with Gasteiger partial charge in [0.05, 0.1) is 0 Å². The average molecular weight is 205 g/mol. The van der Waals surface area contributed by atoms with Crippen molar-refractivity contribution >= 4 is 16.0 Å². The van der Waals surface area contributed by atoms with Crippen molar-refractivity contribution < 1.29 is 13.0 Å². The lowest BCUT2D eigenvalue weighted by Crippen LogP contribution is -2.28. The topological polar surface area (TPSA) is 113 Å². The van der Waals surface area contributed by atoms with Crippen molar-refractivity contribution in [3.05, 3.63) is 30.3 Å². The largest absolute Gasteiger partial charge is 0.350 e. The predicted molar refractivity (Wildman–Crippen MR) is 49.8 cm³/mol. The second kappa shape index (κ2) is 4.77. The smallest absolute Gasteiger partial charge is 0.344 e. The number of nitrogens with one attached hydrogen (secondary N) is 2. The van der Waals surface area contributed by atoms with E-state index in [9.17, 15) is 8.42 Å². The minimum Gasteiger partial charge on any atom is -0.344 e. The Balaban J connectivity index is 0.00000144. The summed E-state index contributed by atoms with van der Waals surface area (Å²) in [5.74, 6) is 0. The summed E-state index contributed by atoms with van der Waals surface area (Å²) in [6.07, 6.45) is 0. The number of anilines is 1. The molecule has 1 rings (SSSR count). The number of para-hydroxylation sites is 1. The van der Waals surface area contributed by atoms with Gasteiger partial charge < -0.3 is 11.6 Å². The molecule has 0 aliphatic heterocycles. The van der Waals surface area contributed by atoms with Crippen molar-refractivity contribution in [2.75, 3.05) is 5.43 Å². The fourth-order valence-corrected chi connectivity index (χ4v) is 0.892. The first-order valence-electron chi connectivity index (χ1n) is 3.13. The van der Waals surface area contributed by atoms with Crippen LogP contribution in [0.2, 0.25) is 0 Å². The molecule has 74 valence electrons. The van der Waals surface area contributed by atoms with Gasteiger partial charge in [-0.1, -0.05) is 18.2 Å². The van der Waals surface area contributed by atoms with Crippen LogP contribution in [0.1, 0.15) is 0 Å². The molecular formula is C6H11N3O3S. The number of hydrazine groups is 1. The molecule has 6 N–H and O–H groups in total. The second-order valence-electron chi connectivity index (χ2n) is 2.07. The van der Waals surface area contributed by atoms with Crippen LogP contribution in [-0.4, -0.2) is 13.0 Å². The highest BCUT2D eigenvalue weighted by atomic mass is 32.2. The molecule has 0 aromatic heterocycles. The van der Waals surface area contributed by atoms with Crippen molar-refractivity contribution in [2.24, 2.45) is 0 Å². The molecule has 1 aromatic rings. The van der Waals surface area contributed by atoms with Gasteiger partial charge in [-0.15, -0.1) is 4.83 Å². The fourth-order valence-electron chi connectivity index (χ4n) is 0.645. The maximum Gasteiger partial charge on any atom is 0.350 e. The maximum atomic E-state index is 10.2. The Bertz CT molecular complexity index is 337. The van der Waals surface area contributed by atoms with Crippen LogP contribution in [0, 0.1) is 0 Å². The summed E-state index contributed by atoms with van der Waals surface area (Å²) in [6, 6.07) is 8.55. The molecule has 6 nitrogen and oxygen atoms in total. The summed E-state index contributed by atoms with van der Waals surface area (Å²) in [6.45, 7) is 0. The lowest BCUT2D eigenvalue weighted by molar-refractivity contribution is 0.473. The van der Waals surface area contributed by atoms with E-state index in [0.717, 1.165) is 0 Å². The van der Waals surface area contributed by atoms with E-state index in [1.165, 1.54) is 0 Å². The molecule has 0 heterocycles. The van der Waals surface area contributed by atoms with E-state index in [-0.39, 0.29) is 6.15 Å². The van der Waals surface area contributed by atoms with Crippen LogP contribution in [0.15, 0.2) is 30.3 Å². The van der Waals surface area contributed by atoms with Crippen molar-refractivity contribution in [1.82, 2.24) is 11.0 Å². The SMILES string of the molecule is N.O=S(=O)(O)NNc1ccccc1. The van der Waals surface area contributed by atoms with Crippen LogP contribution in [-0.2, 0) is 10.3 Å². The number of hydrogen-bond donors (Lipinski definition) is 4. The van der Waals surface area contributed by atoms with Gasteiger partial charge in [0.15, 0.2) is 0 Å². The molecule has 0 unspecified atom stereocenters. The van der Waals surface area contributed by atoms with Gasteiger partial charge in [-0.3, -0.25) is 4.55 Å². The van der Waals surface area contributed by atoms with Gasteiger partial charge >= 0.3 is 10.3 Å². The van der Waals surface area contributed by atoms with Crippen LogP contribution < -0.4 is 16.4 Å². The molecule has 0 amide bonds. The van der Waals surface area contributed by atoms with E-state index in [4.69, 9.17) is 4.55 Å². The predicted octanol–water partition coefficient (Wildman–Crippen LogP) is 0.568. The maximum absolute atomic E-state index is 10.2. The first-order chi connectivity index (χ1) is 5.58. The van der Waals surface area contributed by atoms with Gasteiger partial charge in [0, 0.05) is 5.69 Å². The second-order valence-corrected chi connectivity index (χ2v) is 3.22. The van der Waals surface area contributed by atoms with Crippen LogP contribution in [0.25, 0.3) is 0 Å². The van der Waals surface area contributed by atoms with Gasteiger partial charge in [0.25, 0.3) is 0 Å². The summed E-state index contributed by atoms with van der Waals surface area (Å²) in [5, 5.41) is 0. The molecule has 13 heavy (non-hydrogen) atoms. The van der Waals surface area contributed by atoms with E-state index in [2.05, 4.69) is 5.43 Å². The molecule has 1 aromatic carbocycles. The zero-order valence-corrected chi connectivity index (χ0v) is 7.58. The highest BCUT2D eigenvalue weighted by Gasteiger charge is 1.99. The van der Waals surface area contributed by atoms with Gasteiger partial charge in [0.2, 0.25) is 0 Å². The Morgan fingerprint density at radius 2 is 1.69 bits per heavy atom. The minimum absolute atomic E-state index is 0. The lowest BCUT2D eigenvalue weighted by Gasteiger charge is -2.03. The summed E-state index contributed by atoms with van der Waals surface area (Å²) < 4.78 is 28.7. The first-order valence-corrected chi connectivity index (χ1v) is 4.57. The molecule has 0 radical (unpaired) electrons. The molecule has 0 spiro atoms. The monoisotopic (exact) mass is 205 g/mol. The third-order valence-corrected chi connectivity index (χ3v) is 1.46. The Morgan fingerprint density at radius 1 is 1.15 bits per heavy atom. The Hall–Kier alpha value is -1.15. The van der Waals surface area contributed by atoms with Gasteiger partial charge in [0.1, 0.15) is 0 Å². The summed E-state index contributed by atoms with van der Waals surface area (Å²) in [4.78, 5) is 1.72. The third-order valence-electron chi connectivity index (χ3n) is 1.10. The zero-order chi connectivity index (χ0) is 9.03. The minimum atomic E-state index is -4.18. The van der Waals surface area contributed by atoms with Crippen molar-refractivity contribution in [1.29, 1.82) is 0 Å². The quantitative estimate of drug-likeness (QED) is 0.425. The first kappa shape index (κ1) is 11.8. The fraction of sp³-hybridized carbons (Fsp3) is 0. The van der Waals surface area contributed by atoms with E-state index in [0.29, 0.717) is 5.69 Å². The Kier molecular flexibility index (Phi) is 4.35. The van der Waals surface area contributed by atoms with E-state index >= 15 is 0 Å². The highest BCUT2D eigenvalue weighted by molar-refractivity contribution is 7.83. The molecule has 0 aliphatic rings. The standard InChI is InChI=1S/C6H8N2O3S.H3N/c9-12(10,11)8-7-6-4-2-1-3-5-6;/h1-5,7-8H,(H,9,10,11);1H3. The van der Waals surface area contributed by atoms with E-state index < -0.39 is 10.3 Å². The van der Waals surface area contributed by atoms with E-state index in [1.807, 2.05) is 0 Å². The molecule has 0 atom stereocenters. The zero-order valence-electron chi connectivity index (χ0n) is 6.77. The summed E-state index contributed by atoms with van der Waals surface area (Å²) in [5.41, 5.74) is 2.85. The molecule has 0 fully saturated rings. The van der Waals surface area contributed by atoms with Crippen molar-refractivity contribution in [3.63, 3.8) is 0 Å². The van der Waals surface area contributed by atoms with Gasteiger partial charge in [-0.05, 0) is 12.1 Å². The third kappa shape index (κ3) is 5.15. The number of hydrogen-bond acceptors (Lipinski definition) is 4. The van der Waals surface area contributed by atoms with Crippen molar-refractivity contribution in [3.8, 4) is 0 Å². The molecule has 0 bridgehead atoms. The number of rotatable bonds is 3. The summed E-state index contributed by atoms with van der Waals surface area (Å²) >= 11 is 0. The van der Waals surface area contributed by atoms with Crippen LogP contribution in [0.5, 0.6) is 0 Å². The van der Waals surface area contributed by atoms with Gasteiger partial charge in [-0.2, -0.15) is 8.42 Å². The van der Waals surface area contributed by atoms with Crippen LogP contribution in [0.3, 0.4) is 0 Å². The Morgan fingerprint density at radius 3 is 2.15 bits per heavy atom. The molecular weight excluding hydrogens is 194 g/mol. The van der Waals surface area contributed by atoms with E-state index in [1.54, 1.807) is 35.2 Å². The van der Waals surface area contributed by atoms with Gasteiger partial charge in [-0.25, -0.2) is 0 Å². The average Bonchev–Trinajstić information content (AvgIpc) is 2.02. The van der Waals surface area contributed by atoms with Crippen LogP contribution in [0.4, 0.5) is 5.69 Å². The normalized spacial score (nSPS) is 10.2. The highest BCUT2D eigenvalue weighted by Crippen LogP contribution is 2.02. The molecule has 0 saturated heterocycles. The van der Waals surface area contributed by atoms with Crippen LogP contribution >= 0.6 is 0 Å². The lowest BCUT2D eigenvalue weighted by atomic mass is 10.3. The summed E-state index contributed by atoms with van der Waals surface area (Å²) in [7, 11) is -4.18. The molecule has 0 saturated carbocycles. The van der Waals surface area contributed by atoms with Crippen molar-refractivity contribution in [2.45, 2.75) is 0 Å². The Labute approximate surface area is 76.4 Å².